The summed E-state index contributed by atoms with van der Waals surface area (Å²) >= 11 is 11.7. The summed E-state index contributed by atoms with van der Waals surface area (Å²) in [5.41, 5.74) is 0. The summed E-state index contributed by atoms with van der Waals surface area (Å²) < 4.78 is 5.38. The molecule has 0 saturated carbocycles. The number of carbonyl (C=O) groups excluding carboxylic acids is 1. The third-order valence-corrected chi connectivity index (χ3v) is 4.18. The van der Waals surface area contributed by atoms with Gasteiger partial charge in [0.1, 0.15) is 5.75 Å². The third-order valence-electron chi connectivity index (χ3n) is 3.44. The highest BCUT2D eigenvalue weighted by molar-refractivity contribution is 6.42. The van der Waals surface area contributed by atoms with Gasteiger partial charge in [-0.1, -0.05) is 23.2 Å². The van der Waals surface area contributed by atoms with E-state index in [1.165, 1.54) is 0 Å². The maximum absolute atomic E-state index is 11.7. The van der Waals surface area contributed by atoms with Crippen molar-refractivity contribution in [2.24, 2.45) is 0 Å². The standard InChI is InChI=1S/C15H21Cl2N3O2/c16-13-3-2-12(10-14(13)17)22-11-15(21)19-4-1-7-20-8-5-18-6-9-20/h2-3,10,18H,1,4-9,11H2,(H,19,21). The lowest BCUT2D eigenvalue weighted by molar-refractivity contribution is -0.123. The van der Waals surface area contributed by atoms with Crippen LogP contribution >= 0.6 is 23.2 Å². The highest BCUT2D eigenvalue weighted by Crippen LogP contribution is 2.26. The van der Waals surface area contributed by atoms with E-state index in [1.54, 1.807) is 18.2 Å². The van der Waals surface area contributed by atoms with Crippen LogP contribution in [0.1, 0.15) is 6.42 Å². The van der Waals surface area contributed by atoms with Gasteiger partial charge in [0.15, 0.2) is 6.61 Å². The number of carbonyl (C=O) groups is 1. The van der Waals surface area contributed by atoms with Gasteiger partial charge in [-0.25, -0.2) is 0 Å². The Bertz CT molecular complexity index is 494. The molecule has 0 unspecified atom stereocenters. The van der Waals surface area contributed by atoms with Gasteiger partial charge in [0.2, 0.25) is 0 Å². The van der Waals surface area contributed by atoms with Crippen LogP contribution in [0.15, 0.2) is 18.2 Å². The molecule has 1 aliphatic rings. The van der Waals surface area contributed by atoms with Crippen molar-refractivity contribution in [3.05, 3.63) is 28.2 Å². The number of piperazine rings is 1. The number of ether oxygens (including phenoxy) is 1. The number of benzene rings is 1. The maximum atomic E-state index is 11.7. The minimum atomic E-state index is -0.133. The molecule has 2 rings (SSSR count). The fourth-order valence-corrected chi connectivity index (χ4v) is 2.52. The second-order valence-corrected chi connectivity index (χ2v) is 5.97. The van der Waals surface area contributed by atoms with Gasteiger partial charge in [-0.15, -0.1) is 0 Å². The third kappa shape index (κ3) is 6.01. The number of nitrogens with zero attached hydrogens (tertiary/aromatic N) is 1. The van der Waals surface area contributed by atoms with Gasteiger partial charge in [0.05, 0.1) is 10.0 Å². The van der Waals surface area contributed by atoms with Crippen LogP contribution in [0.5, 0.6) is 5.75 Å². The number of rotatable bonds is 7. The summed E-state index contributed by atoms with van der Waals surface area (Å²) in [4.78, 5) is 14.1. The Morgan fingerprint density at radius 1 is 1.27 bits per heavy atom. The van der Waals surface area contributed by atoms with Crippen LogP contribution in [-0.2, 0) is 4.79 Å². The molecule has 1 aliphatic heterocycles. The fraction of sp³-hybridized carbons (Fsp3) is 0.533. The van der Waals surface area contributed by atoms with Crippen molar-refractivity contribution in [3.8, 4) is 5.75 Å². The van der Waals surface area contributed by atoms with Crippen LogP contribution in [-0.4, -0.2) is 56.7 Å². The SMILES string of the molecule is O=C(COc1ccc(Cl)c(Cl)c1)NCCCN1CCNCC1. The van der Waals surface area contributed by atoms with Gasteiger partial charge in [0.25, 0.3) is 5.91 Å². The molecule has 1 amide bonds. The lowest BCUT2D eigenvalue weighted by Crippen LogP contribution is -2.44. The minimum absolute atomic E-state index is 0.0222. The second-order valence-electron chi connectivity index (χ2n) is 5.16. The van der Waals surface area contributed by atoms with Gasteiger partial charge >= 0.3 is 0 Å². The first-order chi connectivity index (χ1) is 10.6. The molecule has 1 heterocycles. The van der Waals surface area contributed by atoms with Crippen molar-refractivity contribution < 1.29 is 9.53 Å². The molecule has 0 spiro atoms. The monoisotopic (exact) mass is 345 g/mol. The van der Waals surface area contributed by atoms with E-state index in [0.717, 1.165) is 39.1 Å². The van der Waals surface area contributed by atoms with Crippen LogP contribution in [0.4, 0.5) is 0 Å². The molecule has 0 aliphatic carbocycles. The van der Waals surface area contributed by atoms with E-state index in [4.69, 9.17) is 27.9 Å². The zero-order valence-electron chi connectivity index (χ0n) is 12.4. The zero-order valence-corrected chi connectivity index (χ0v) is 13.9. The molecule has 5 nitrogen and oxygen atoms in total. The van der Waals surface area contributed by atoms with E-state index in [9.17, 15) is 4.79 Å². The van der Waals surface area contributed by atoms with Gasteiger partial charge in [0, 0.05) is 38.8 Å². The summed E-state index contributed by atoms with van der Waals surface area (Å²) in [6, 6.07) is 4.93. The summed E-state index contributed by atoms with van der Waals surface area (Å²) in [5, 5.41) is 7.05. The number of nitrogens with one attached hydrogen (secondary N) is 2. The highest BCUT2D eigenvalue weighted by atomic mass is 35.5. The Hall–Kier alpha value is -1.01. The molecule has 0 bridgehead atoms. The van der Waals surface area contributed by atoms with Crippen molar-refractivity contribution in [2.75, 3.05) is 45.9 Å². The van der Waals surface area contributed by atoms with E-state index >= 15 is 0 Å². The number of hydrogen-bond donors (Lipinski definition) is 2. The molecule has 22 heavy (non-hydrogen) atoms. The van der Waals surface area contributed by atoms with E-state index in [1.807, 2.05) is 0 Å². The Morgan fingerprint density at radius 2 is 2.05 bits per heavy atom. The van der Waals surface area contributed by atoms with Crippen LogP contribution < -0.4 is 15.4 Å². The molecule has 122 valence electrons. The Balaban J connectivity index is 1.58. The Morgan fingerprint density at radius 3 is 2.77 bits per heavy atom. The summed E-state index contributed by atoms with van der Waals surface area (Å²) in [7, 11) is 0. The molecule has 7 heteroatoms. The average Bonchev–Trinajstić information content (AvgIpc) is 2.54. The maximum Gasteiger partial charge on any atom is 0.257 e. The van der Waals surface area contributed by atoms with Crippen LogP contribution in [0, 0.1) is 0 Å². The first kappa shape index (κ1) is 17.3. The van der Waals surface area contributed by atoms with Crippen molar-refractivity contribution in [2.45, 2.75) is 6.42 Å². The summed E-state index contributed by atoms with van der Waals surface area (Å²) in [5.74, 6) is 0.400. The van der Waals surface area contributed by atoms with E-state index < -0.39 is 0 Å². The second kappa shape index (κ2) is 9.20. The molecular weight excluding hydrogens is 325 g/mol. The van der Waals surface area contributed by atoms with Gasteiger partial charge in [-0.3, -0.25) is 4.79 Å². The highest BCUT2D eigenvalue weighted by Gasteiger charge is 2.09. The normalized spacial score (nSPS) is 15.5. The fourth-order valence-electron chi connectivity index (χ4n) is 2.23. The van der Waals surface area contributed by atoms with Gasteiger partial charge in [-0.05, 0) is 25.1 Å². The number of amides is 1. The molecule has 0 radical (unpaired) electrons. The van der Waals surface area contributed by atoms with Crippen molar-refractivity contribution in [1.82, 2.24) is 15.5 Å². The molecular formula is C15H21Cl2N3O2. The van der Waals surface area contributed by atoms with Crippen LogP contribution in [0.3, 0.4) is 0 Å². The van der Waals surface area contributed by atoms with Gasteiger partial charge in [-0.2, -0.15) is 0 Å². The summed E-state index contributed by atoms with van der Waals surface area (Å²) in [6.45, 7) is 5.89. The summed E-state index contributed by atoms with van der Waals surface area (Å²) in [6.07, 6.45) is 0.943. The van der Waals surface area contributed by atoms with Crippen molar-refractivity contribution in [3.63, 3.8) is 0 Å². The molecule has 2 N–H and O–H groups in total. The molecule has 1 aromatic carbocycles. The number of halogens is 2. The molecule has 1 aromatic rings. The van der Waals surface area contributed by atoms with E-state index in [0.29, 0.717) is 22.3 Å². The largest absolute Gasteiger partial charge is 0.484 e. The minimum Gasteiger partial charge on any atom is -0.484 e. The predicted octanol–water partition coefficient (Wildman–Crippen LogP) is 1.78. The Labute approximate surface area is 140 Å². The smallest absolute Gasteiger partial charge is 0.257 e. The average molecular weight is 346 g/mol. The zero-order chi connectivity index (χ0) is 15.8. The quantitative estimate of drug-likeness (QED) is 0.739. The van der Waals surface area contributed by atoms with E-state index in [2.05, 4.69) is 15.5 Å². The molecule has 1 fully saturated rings. The predicted molar refractivity (Wildman–Crippen MR) is 88.9 cm³/mol. The first-order valence-electron chi connectivity index (χ1n) is 7.43. The molecule has 0 aromatic heterocycles. The van der Waals surface area contributed by atoms with Crippen molar-refractivity contribution >= 4 is 29.1 Å². The van der Waals surface area contributed by atoms with Crippen LogP contribution in [0.2, 0.25) is 10.0 Å². The molecule has 1 saturated heterocycles. The Kier molecular flexibility index (Phi) is 7.25. The number of hydrogen-bond acceptors (Lipinski definition) is 4. The van der Waals surface area contributed by atoms with Crippen LogP contribution in [0.25, 0.3) is 0 Å². The molecule has 0 atom stereocenters. The van der Waals surface area contributed by atoms with Gasteiger partial charge < -0.3 is 20.3 Å². The van der Waals surface area contributed by atoms with E-state index in [-0.39, 0.29) is 12.5 Å². The first-order valence-corrected chi connectivity index (χ1v) is 8.18. The van der Waals surface area contributed by atoms with Crippen molar-refractivity contribution in [1.29, 1.82) is 0 Å². The lowest BCUT2D eigenvalue weighted by atomic mass is 10.3. The topological polar surface area (TPSA) is 53.6 Å². The lowest BCUT2D eigenvalue weighted by Gasteiger charge is -2.27.